The number of halogens is 1. The quantitative estimate of drug-likeness (QED) is 0.619. The lowest BCUT2D eigenvalue weighted by atomic mass is 10.0. The smallest absolute Gasteiger partial charge is 0.195 e. The van der Waals surface area contributed by atoms with Gasteiger partial charge in [-0.1, -0.05) is 43.7 Å². The van der Waals surface area contributed by atoms with Gasteiger partial charge in [0.05, 0.1) is 0 Å². The molecule has 3 rings (SSSR count). The molecular formula is C19H18FNO. The van der Waals surface area contributed by atoms with Gasteiger partial charge >= 0.3 is 0 Å². The van der Waals surface area contributed by atoms with E-state index in [4.69, 9.17) is 0 Å². The fraction of sp³-hybridized carbons (Fsp3) is 0.211. The normalized spacial score (nSPS) is 11.0. The Kier molecular flexibility index (Phi) is 4.05. The number of carbonyl (C=O) groups excluding carboxylic acids is 1. The molecule has 0 bridgehead atoms. The van der Waals surface area contributed by atoms with Crippen molar-refractivity contribution in [3.63, 3.8) is 0 Å². The Bertz CT molecular complexity index is 819. The topological polar surface area (TPSA) is 22.0 Å². The average Bonchev–Trinajstić information content (AvgIpc) is 2.91. The molecule has 2 nitrogen and oxygen atoms in total. The summed E-state index contributed by atoms with van der Waals surface area (Å²) >= 11 is 0. The van der Waals surface area contributed by atoms with Gasteiger partial charge in [0.15, 0.2) is 5.78 Å². The Labute approximate surface area is 129 Å². The van der Waals surface area contributed by atoms with Crippen LogP contribution >= 0.6 is 0 Å². The highest BCUT2D eigenvalue weighted by molar-refractivity contribution is 6.16. The fourth-order valence-corrected chi connectivity index (χ4v) is 2.73. The number of unbranched alkanes of at least 4 members (excludes halogenated alkanes) is 1. The molecule has 0 aliphatic heterocycles. The number of para-hydroxylation sites is 1. The number of ketones is 1. The molecule has 0 amide bonds. The molecule has 0 atom stereocenters. The number of benzene rings is 2. The van der Waals surface area contributed by atoms with Crippen LogP contribution in [0.5, 0.6) is 0 Å². The molecule has 0 unspecified atom stereocenters. The number of aryl methyl sites for hydroxylation is 1. The van der Waals surface area contributed by atoms with Crippen LogP contribution in [0.2, 0.25) is 0 Å². The molecule has 1 aromatic heterocycles. The van der Waals surface area contributed by atoms with Crippen LogP contribution in [0.3, 0.4) is 0 Å². The van der Waals surface area contributed by atoms with Gasteiger partial charge in [0.1, 0.15) is 5.82 Å². The Balaban J connectivity index is 2.08. The molecule has 0 radical (unpaired) electrons. The standard InChI is InChI=1S/C19H18FNO/c1-2-3-11-21-13-17(16-9-4-5-10-18(16)21)19(22)14-7-6-8-15(20)12-14/h4-10,12-13H,2-3,11H2,1H3. The summed E-state index contributed by atoms with van der Waals surface area (Å²) in [7, 11) is 0. The van der Waals surface area contributed by atoms with Gasteiger partial charge in [-0.05, 0) is 24.6 Å². The molecule has 0 aliphatic carbocycles. The Morgan fingerprint density at radius 2 is 1.95 bits per heavy atom. The maximum absolute atomic E-state index is 13.4. The van der Waals surface area contributed by atoms with Crippen molar-refractivity contribution in [2.45, 2.75) is 26.3 Å². The first-order valence-electron chi connectivity index (χ1n) is 7.59. The molecule has 3 heteroatoms. The van der Waals surface area contributed by atoms with E-state index in [1.807, 2.05) is 30.5 Å². The van der Waals surface area contributed by atoms with E-state index in [-0.39, 0.29) is 11.6 Å². The van der Waals surface area contributed by atoms with E-state index in [0.29, 0.717) is 11.1 Å². The van der Waals surface area contributed by atoms with Crippen LogP contribution in [0.15, 0.2) is 54.7 Å². The zero-order valence-electron chi connectivity index (χ0n) is 12.6. The van der Waals surface area contributed by atoms with Crippen molar-refractivity contribution >= 4 is 16.7 Å². The van der Waals surface area contributed by atoms with E-state index in [1.54, 1.807) is 12.1 Å². The lowest BCUT2D eigenvalue weighted by Crippen LogP contribution is -2.01. The van der Waals surface area contributed by atoms with Gasteiger partial charge in [0.25, 0.3) is 0 Å². The first-order valence-corrected chi connectivity index (χ1v) is 7.59. The molecule has 3 aromatic rings. The van der Waals surface area contributed by atoms with Crippen LogP contribution in [0.4, 0.5) is 4.39 Å². The molecule has 0 fully saturated rings. The third kappa shape index (κ3) is 2.67. The highest BCUT2D eigenvalue weighted by atomic mass is 19.1. The third-order valence-corrected chi connectivity index (χ3v) is 3.87. The molecule has 22 heavy (non-hydrogen) atoms. The minimum Gasteiger partial charge on any atom is -0.347 e. The summed E-state index contributed by atoms with van der Waals surface area (Å²) in [5.74, 6) is -0.522. The van der Waals surface area contributed by atoms with Crippen molar-refractivity contribution in [3.8, 4) is 0 Å². The van der Waals surface area contributed by atoms with Crippen LogP contribution in [0, 0.1) is 5.82 Å². The van der Waals surface area contributed by atoms with Crippen LogP contribution in [-0.4, -0.2) is 10.4 Å². The molecule has 0 N–H and O–H groups in total. The highest BCUT2D eigenvalue weighted by Gasteiger charge is 2.16. The molecule has 0 saturated heterocycles. The summed E-state index contributed by atoms with van der Waals surface area (Å²) in [5.41, 5.74) is 2.08. The first-order chi connectivity index (χ1) is 10.7. The van der Waals surface area contributed by atoms with Gasteiger partial charge in [-0.25, -0.2) is 4.39 Å². The van der Waals surface area contributed by atoms with E-state index in [0.717, 1.165) is 30.3 Å². The highest BCUT2D eigenvalue weighted by Crippen LogP contribution is 2.24. The van der Waals surface area contributed by atoms with E-state index < -0.39 is 0 Å². The average molecular weight is 295 g/mol. The molecule has 2 aromatic carbocycles. The maximum atomic E-state index is 13.4. The van der Waals surface area contributed by atoms with Gasteiger partial charge in [0, 0.05) is 34.8 Å². The predicted octanol–water partition coefficient (Wildman–Crippen LogP) is 4.81. The second kappa shape index (κ2) is 6.14. The number of aromatic nitrogens is 1. The number of rotatable bonds is 5. The van der Waals surface area contributed by atoms with E-state index in [1.165, 1.54) is 12.1 Å². The predicted molar refractivity (Wildman–Crippen MR) is 86.7 cm³/mol. The largest absolute Gasteiger partial charge is 0.347 e. The summed E-state index contributed by atoms with van der Waals surface area (Å²) in [6, 6.07) is 13.7. The monoisotopic (exact) mass is 295 g/mol. The van der Waals surface area contributed by atoms with Gasteiger partial charge in [-0.3, -0.25) is 4.79 Å². The van der Waals surface area contributed by atoms with Crippen molar-refractivity contribution in [2.75, 3.05) is 0 Å². The van der Waals surface area contributed by atoms with Crippen LogP contribution in [0.1, 0.15) is 35.7 Å². The number of carbonyl (C=O) groups is 1. The minimum absolute atomic E-state index is 0.133. The van der Waals surface area contributed by atoms with Gasteiger partial charge < -0.3 is 4.57 Å². The van der Waals surface area contributed by atoms with Crippen molar-refractivity contribution in [1.29, 1.82) is 0 Å². The van der Waals surface area contributed by atoms with Gasteiger partial charge in [-0.15, -0.1) is 0 Å². The lowest BCUT2D eigenvalue weighted by molar-refractivity contribution is 0.103. The summed E-state index contributed by atoms with van der Waals surface area (Å²) in [4.78, 5) is 12.7. The zero-order valence-corrected chi connectivity index (χ0v) is 12.6. The van der Waals surface area contributed by atoms with Gasteiger partial charge in [0.2, 0.25) is 0 Å². The fourth-order valence-electron chi connectivity index (χ4n) is 2.73. The molecule has 112 valence electrons. The van der Waals surface area contributed by atoms with Crippen molar-refractivity contribution in [3.05, 3.63) is 71.7 Å². The summed E-state index contributed by atoms with van der Waals surface area (Å²) in [6.07, 6.45) is 4.06. The second-order valence-corrected chi connectivity index (χ2v) is 5.45. The summed E-state index contributed by atoms with van der Waals surface area (Å²) in [6.45, 7) is 3.03. The first kappa shape index (κ1) is 14.5. The van der Waals surface area contributed by atoms with Crippen molar-refractivity contribution < 1.29 is 9.18 Å². The summed E-state index contributed by atoms with van der Waals surface area (Å²) in [5, 5.41) is 0.924. The Morgan fingerprint density at radius 3 is 2.73 bits per heavy atom. The second-order valence-electron chi connectivity index (χ2n) is 5.45. The Hall–Kier alpha value is -2.42. The van der Waals surface area contributed by atoms with Crippen LogP contribution in [0.25, 0.3) is 10.9 Å². The number of hydrogen-bond donors (Lipinski definition) is 0. The van der Waals surface area contributed by atoms with Crippen LogP contribution in [-0.2, 0) is 6.54 Å². The number of hydrogen-bond acceptors (Lipinski definition) is 1. The SMILES string of the molecule is CCCCn1cc(C(=O)c2cccc(F)c2)c2ccccc21. The van der Waals surface area contributed by atoms with E-state index >= 15 is 0 Å². The lowest BCUT2D eigenvalue weighted by Gasteiger charge is -2.02. The molecule has 0 aliphatic rings. The van der Waals surface area contributed by atoms with Crippen molar-refractivity contribution in [2.24, 2.45) is 0 Å². The zero-order chi connectivity index (χ0) is 15.5. The third-order valence-electron chi connectivity index (χ3n) is 3.87. The molecule has 1 heterocycles. The molecular weight excluding hydrogens is 277 g/mol. The van der Waals surface area contributed by atoms with E-state index in [2.05, 4.69) is 11.5 Å². The molecule has 0 spiro atoms. The van der Waals surface area contributed by atoms with Gasteiger partial charge in [-0.2, -0.15) is 0 Å². The number of fused-ring (bicyclic) bond motifs is 1. The molecule has 0 saturated carbocycles. The Morgan fingerprint density at radius 1 is 1.14 bits per heavy atom. The number of nitrogens with zero attached hydrogens (tertiary/aromatic N) is 1. The van der Waals surface area contributed by atoms with Crippen molar-refractivity contribution in [1.82, 2.24) is 4.57 Å². The maximum Gasteiger partial charge on any atom is 0.195 e. The van der Waals surface area contributed by atoms with E-state index in [9.17, 15) is 9.18 Å². The minimum atomic E-state index is -0.388. The summed E-state index contributed by atoms with van der Waals surface area (Å²) < 4.78 is 15.5. The van der Waals surface area contributed by atoms with Crippen LogP contribution < -0.4 is 0 Å².